The zero-order valence-corrected chi connectivity index (χ0v) is 15.9. The first-order valence-corrected chi connectivity index (χ1v) is 10.2. The molecule has 1 aromatic carbocycles. The number of hydrogen-bond donors (Lipinski definition) is 1. The zero-order chi connectivity index (χ0) is 19.7. The van der Waals surface area contributed by atoms with Crippen molar-refractivity contribution in [3.63, 3.8) is 0 Å². The van der Waals surface area contributed by atoms with Crippen LogP contribution in [0.25, 0.3) is 0 Å². The summed E-state index contributed by atoms with van der Waals surface area (Å²) >= 11 is 0. The Morgan fingerprint density at radius 1 is 1.07 bits per heavy atom. The Bertz CT molecular complexity index is 716. The molecule has 2 heterocycles. The molecule has 7 heteroatoms. The van der Waals surface area contributed by atoms with Crippen molar-refractivity contribution >= 4 is 5.91 Å². The van der Waals surface area contributed by atoms with E-state index in [0.717, 1.165) is 56.9 Å². The summed E-state index contributed by atoms with van der Waals surface area (Å²) in [6, 6.07) is 4.73. The highest BCUT2D eigenvalue weighted by Crippen LogP contribution is 2.34. The molecule has 2 fully saturated rings. The summed E-state index contributed by atoms with van der Waals surface area (Å²) in [5.74, 6) is 0.0732. The quantitative estimate of drug-likeness (QED) is 0.850. The van der Waals surface area contributed by atoms with Crippen LogP contribution in [0.4, 0.5) is 13.2 Å². The van der Waals surface area contributed by atoms with Gasteiger partial charge in [0.05, 0.1) is 5.56 Å². The normalized spacial score (nSPS) is 26.3. The number of hydrogen-bond acceptors (Lipinski definition) is 3. The van der Waals surface area contributed by atoms with E-state index in [9.17, 15) is 18.0 Å². The van der Waals surface area contributed by atoms with Gasteiger partial charge in [-0.3, -0.25) is 4.79 Å². The molecule has 0 spiro atoms. The Morgan fingerprint density at radius 2 is 1.86 bits per heavy atom. The van der Waals surface area contributed by atoms with E-state index in [2.05, 4.69) is 5.32 Å². The summed E-state index contributed by atoms with van der Waals surface area (Å²) < 4.78 is 44.4. The fraction of sp³-hybridized carbons (Fsp3) is 0.667. The van der Waals surface area contributed by atoms with E-state index in [1.54, 1.807) is 11.0 Å². The molecule has 4 rings (SSSR count). The Balaban J connectivity index is 1.36. The highest BCUT2D eigenvalue weighted by atomic mass is 19.4. The van der Waals surface area contributed by atoms with Gasteiger partial charge in [-0.25, -0.2) is 0 Å². The maximum Gasteiger partial charge on any atom is 0.416 e. The molecule has 1 N–H and O–H groups in total. The molecule has 0 radical (unpaired) electrons. The number of alkyl halides is 3. The molecule has 1 unspecified atom stereocenters. The van der Waals surface area contributed by atoms with Crippen LogP contribution in [-0.2, 0) is 28.7 Å². The first-order chi connectivity index (χ1) is 13.4. The number of fused-ring (bicyclic) bond motifs is 1. The highest BCUT2D eigenvalue weighted by Gasteiger charge is 2.36. The third kappa shape index (κ3) is 4.35. The highest BCUT2D eigenvalue weighted by molar-refractivity contribution is 5.79. The molecule has 1 saturated heterocycles. The third-order valence-corrected chi connectivity index (χ3v) is 6.33. The van der Waals surface area contributed by atoms with Crippen molar-refractivity contribution in [2.75, 3.05) is 19.8 Å². The van der Waals surface area contributed by atoms with Crippen LogP contribution >= 0.6 is 0 Å². The molecule has 1 aliphatic carbocycles. The van der Waals surface area contributed by atoms with Crippen LogP contribution in [0.1, 0.15) is 48.8 Å². The van der Waals surface area contributed by atoms with E-state index in [1.165, 1.54) is 6.07 Å². The summed E-state index contributed by atoms with van der Waals surface area (Å²) in [4.78, 5) is 14.7. The van der Waals surface area contributed by atoms with Crippen molar-refractivity contribution in [2.45, 2.75) is 63.3 Å². The second-order valence-corrected chi connectivity index (χ2v) is 8.25. The fourth-order valence-electron chi connectivity index (χ4n) is 4.73. The lowest BCUT2D eigenvalue weighted by Crippen LogP contribution is -2.42. The number of amides is 1. The van der Waals surface area contributed by atoms with E-state index >= 15 is 0 Å². The standard InChI is InChI=1S/C21H27F3N2O2/c22-21(23,24)17-3-1-14-5-8-26(13-16(14)11-17)20(27)15-2-4-19(12-15)25-18-6-9-28-10-7-18/h1,3,11,15,18-19,25H,2,4-10,12-13H2/t15?,19-/m1/s1. The van der Waals surface area contributed by atoms with Gasteiger partial charge in [-0.15, -0.1) is 0 Å². The molecule has 2 atom stereocenters. The van der Waals surface area contributed by atoms with Crippen molar-refractivity contribution < 1.29 is 22.7 Å². The van der Waals surface area contributed by atoms with Gasteiger partial charge >= 0.3 is 6.18 Å². The van der Waals surface area contributed by atoms with Crippen molar-refractivity contribution in [1.82, 2.24) is 10.2 Å². The molecule has 3 aliphatic rings. The number of benzene rings is 1. The van der Waals surface area contributed by atoms with Crippen LogP contribution < -0.4 is 5.32 Å². The van der Waals surface area contributed by atoms with Gasteiger partial charge in [-0.1, -0.05) is 6.07 Å². The number of halogens is 3. The summed E-state index contributed by atoms with van der Waals surface area (Å²) in [6.07, 6.45) is 0.953. The van der Waals surface area contributed by atoms with E-state index < -0.39 is 11.7 Å². The molecule has 28 heavy (non-hydrogen) atoms. The molecule has 4 nitrogen and oxygen atoms in total. The van der Waals surface area contributed by atoms with Crippen LogP contribution in [0.5, 0.6) is 0 Å². The number of rotatable bonds is 3. The molecule has 1 aromatic rings. The number of carbonyl (C=O) groups excluding carboxylic acids is 1. The molecular formula is C21H27F3N2O2. The summed E-state index contributed by atoms with van der Waals surface area (Å²) in [7, 11) is 0. The van der Waals surface area contributed by atoms with E-state index in [4.69, 9.17) is 4.74 Å². The topological polar surface area (TPSA) is 41.6 Å². The molecule has 2 aliphatic heterocycles. The molecule has 1 saturated carbocycles. The van der Waals surface area contributed by atoms with E-state index in [1.807, 2.05) is 0 Å². The molecule has 1 amide bonds. The number of nitrogens with one attached hydrogen (secondary N) is 1. The molecule has 154 valence electrons. The number of ether oxygens (including phenoxy) is 1. The lowest BCUT2D eigenvalue weighted by atomic mass is 9.95. The van der Waals surface area contributed by atoms with Crippen LogP contribution in [0.3, 0.4) is 0 Å². The predicted octanol–water partition coefficient (Wildman–Crippen LogP) is 3.53. The first-order valence-electron chi connectivity index (χ1n) is 10.2. The minimum absolute atomic E-state index is 0.0234. The minimum Gasteiger partial charge on any atom is -0.381 e. The Morgan fingerprint density at radius 3 is 2.61 bits per heavy atom. The average Bonchev–Trinajstić information content (AvgIpc) is 3.15. The lowest BCUT2D eigenvalue weighted by molar-refractivity contribution is -0.137. The van der Waals surface area contributed by atoms with Gasteiger partial charge < -0.3 is 15.0 Å². The maximum atomic E-state index is 13.0. The van der Waals surface area contributed by atoms with E-state index in [0.29, 0.717) is 30.6 Å². The van der Waals surface area contributed by atoms with Gasteiger partial charge in [0.2, 0.25) is 5.91 Å². The third-order valence-electron chi connectivity index (χ3n) is 6.33. The van der Waals surface area contributed by atoms with Crippen LogP contribution in [0.2, 0.25) is 0 Å². The monoisotopic (exact) mass is 396 g/mol. The van der Waals surface area contributed by atoms with Gasteiger partial charge in [0.15, 0.2) is 0 Å². The molecular weight excluding hydrogens is 369 g/mol. The largest absolute Gasteiger partial charge is 0.416 e. The Labute approximate surface area is 163 Å². The van der Waals surface area contributed by atoms with Crippen molar-refractivity contribution in [1.29, 1.82) is 0 Å². The Hall–Kier alpha value is -1.60. The van der Waals surface area contributed by atoms with Gasteiger partial charge in [0, 0.05) is 44.3 Å². The molecule has 0 aromatic heterocycles. The van der Waals surface area contributed by atoms with Gasteiger partial charge in [0.25, 0.3) is 0 Å². The Kier molecular flexibility index (Phi) is 5.65. The fourth-order valence-corrected chi connectivity index (χ4v) is 4.73. The average molecular weight is 396 g/mol. The van der Waals surface area contributed by atoms with Gasteiger partial charge in [-0.05, 0) is 61.8 Å². The number of carbonyl (C=O) groups is 1. The van der Waals surface area contributed by atoms with Crippen molar-refractivity contribution in [3.05, 3.63) is 34.9 Å². The lowest BCUT2D eigenvalue weighted by Gasteiger charge is -2.31. The van der Waals surface area contributed by atoms with Gasteiger partial charge in [0.1, 0.15) is 0 Å². The van der Waals surface area contributed by atoms with Crippen molar-refractivity contribution in [3.8, 4) is 0 Å². The first kappa shape index (κ1) is 19.7. The zero-order valence-electron chi connectivity index (χ0n) is 15.9. The smallest absolute Gasteiger partial charge is 0.381 e. The predicted molar refractivity (Wildman–Crippen MR) is 98.7 cm³/mol. The van der Waals surface area contributed by atoms with Gasteiger partial charge in [-0.2, -0.15) is 13.2 Å². The summed E-state index contributed by atoms with van der Waals surface area (Å²) in [5, 5.41) is 3.67. The SMILES string of the molecule is O=C(C1CC[C@@H](NC2CCOCC2)C1)N1CCc2ccc(C(F)(F)F)cc2C1. The summed E-state index contributed by atoms with van der Waals surface area (Å²) in [6.45, 7) is 2.46. The van der Waals surface area contributed by atoms with Crippen LogP contribution in [0, 0.1) is 5.92 Å². The van der Waals surface area contributed by atoms with Crippen LogP contribution in [0.15, 0.2) is 18.2 Å². The van der Waals surface area contributed by atoms with Crippen molar-refractivity contribution in [2.24, 2.45) is 5.92 Å². The molecule has 0 bridgehead atoms. The maximum absolute atomic E-state index is 13.0. The minimum atomic E-state index is -4.35. The summed E-state index contributed by atoms with van der Waals surface area (Å²) in [5.41, 5.74) is 0.911. The van der Waals surface area contributed by atoms with Crippen LogP contribution in [-0.4, -0.2) is 42.6 Å². The second kappa shape index (κ2) is 8.03. The second-order valence-electron chi connectivity index (χ2n) is 8.25. The van der Waals surface area contributed by atoms with E-state index in [-0.39, 0.29) is 18.4 Å². The number of nitrogens with zero attached hydrogens (tertiary/aromatic N) is 1.